The fourth-order valence-corrected chi connectivity index (χ4v) is 3.46. The van der Waals surface area contributed by atoms with Crippen molar-refractivity contribution in [3.63, 3.8) is 0 Å². The molecule has 8 heteroatoms. The van der Waals surface area contributed by atoms with Gasteiger partial charge in [-0.2, -0.15) is 0 Å². The van der Waals surface area contributed by atoms with Gasteiger partial charge in [-0.3, -0.25) is 4.90 Å². The second kappa shape index (κ2) is 13.2. The summed E-state index contributed by atoms with van der Waals surface area (Å²) in [6.07, 6.45) is 3.32. The van der Waals surface area contributed by atoms with Gasteiger partial charge in [0.15, 0.2) is 5.75 Å². The normalized spacial score (nSPS) is 10.6. The van der Waals surface area contributed by atoms with Crippen molar-refractivity contribution in [2.24, 2.45) is 0 Å². The molecule has 0 fully saturated rings. The molecule has 0 aliphatic heterocycles. The third-order valence-corrected chi connectivity index (χ3v) is 4.97. The van der Waals surface area contributed by atoms with Gasteiger partial charge in [0.05, 0.1) is 23.3 Å². The molecule has 0 radical (unpaired) electrons. The predicted molar refractivity (Wildman–Crippen MR) is 126 cm³/mol. The smallest absolute Gasteiger partial charge is 0.321 e. The van der Waals surface area contributed by atoms with E-state index in [0.717, 1.165) is 37.1 Å². The minimum absolute atomic E-state index is 0.00109. The fraction of sp³-hybridized carbons (Fsp3) is 0.435. The van der Waals surface area contributed by atoms with E-state index < -0.39 is 0 Å². The quantitative estimate of drug-likeness (QED) is 0.359. The molecule has 0 aliphatic rings. The van der Waals surface area contributed by atoms with Crippen LogP contribution in [0.4, 0.5) is 10.5 Å². The lowest BCUT2D eigenvalue weighted by molar-refractivity contribution is 0.246. The Labute approximate surface area is 194 Å². The van der Waals surface area contributed by atoms with Gasteiger partial charge in [0.1, 0.15) is 11.5 Å². The third kappa shape index (κ3) is 8.04. The van der Waals surface area contributed by atoms with Crippen molar-refractivity contribution < 1.29 is 19.4 Å². The van der Waals surface area contributed by atoms with Gasteiger partial charge in [-0.15, -0.1) is 0 Å². The number of hydrogen-bond acceptors (Lipinski definition) is 4. The maximum atomic E-state index is 12.4. The number of benzene rings is 2. The molecule has 2 aromatic rings. The number of carbonyl (C=O) groups is 1. The Kier molecular flexibility index (Phi) is 10.6. The van der Waals surface area contributed by atoms with Crippen LogP contribution < -0.4 is 19.7 Å². The molecule has 0 saturated heterocycles. The number of nitrogens with one attached hydrogen (secondary N) is 1. The third-order valence-electron chi connectivity index (χ3n) is 4.40. The monoisotopic (exact) mass is 468 g/mol. The van der Waals surface area contributed by atoms with E-state index in [9.17, 15) is 9.90 Å². The van der Waals surface area contributed by atoms with Crippen molar-refractivity contribution >= 4 is 34.9 Å². The van der Waals surface area contributed by atoms with Crippen molar-refractivity contribution in [2.45, 2.75) is 39.5 Å². The number of amides is 2. The average molecular weight is 469 g/mol. The summed E-state index contributed by atoms with van der Waals surface area (Å²) >= 11 is 12.1. The Hall–Kier alpha value is -2.31. The van der Waals surface area contributed by atoms with E-state index in [4.69, 9.17) is 32.7 Å². The highest BCUT2D eigenvalue weighted by Gasteiger charge is 2.14. The highest BCUT2D eigenvalue weighted by atomic mass is 35.5. The number of ether oxygens (including phenoxy) is 2. The molecule has 31 heavy (non-hydrogen) atoms. The van der Waals surface area contributed by atoms with E-state index in [1.54, 1.807) is 4.90 Å². The van der Waals surface area contributed by atoms with E-state index in [2.05, 4.69) is 5.32 Å². The summed E-state index contributed by atoms with van der Waals surface area (Å²) in [5.41, 5.74) is 0.846. The molecule has 0 aliphatic carbocycles. The number of urea groups is 1. The zero-order valence-electron chi connectivity index (χ0n) is 18.0. The highest BCUT2D eigenvalue weighted by molar-refractivity contribution is 6.37. The number of anilines is 1. The predicted octanol–water partition coefficient (Wildman–Crippen LogP) is 6.27. The largest absolute Gasteiger partial charge is 0.508 e. The number of aromatic hydroxyl groups is 1. The van der Waals surface area contributed by atoms with E-state index in [1.807, 2.05) is 38.1 Å². The van der Waals surface area contributed by atoms with Crippen LogP contribution in [0.1, 0.15) is 39.5 Å². The zero-order valence-corrected chi connectivity index (χ0v) is 19.5. The lowest BCUT2D eigenvalue weighted by atomic mass is 10.2. The van der Waals surface area contributed by atoms with Crippen molar-refractivity contribution in [2.75, 3.05) is 31.2 Å². The number of carbonyl (C=O) groups excluding carboxylic acids is 1. The van der Waals surface area contributed by atoms with Crippen LogP contribution in [0, 0.1) is 0 Å². The van der Waals surface area contributed by atoms with Gasteiger partial charge in [-0.1, -0.05) is 37.0 Å². The SMILES string of the molecule is CCCNC(=O)N(CCC)c1ccc(OCCCCOc2c(Cl)cc(O)cc2Cl)cc1. The molecule has 0 aromatic heterocycles. The molecule has 0 saturated carbocycles. The summed E-state index contributed by atoms with van der Waals surface area (Å²) in [5.74, 6) is 1.12. The standard InChI is InChI=1S/C23H30Cl2N2O4/c1-3-11-26-23(29)27(12-4-2)17-7-9-19(10-8-17)30-13-5-6-14-31-22-20(24)15-18(28)16-21(22)25/h7-10,15-16,28H,3-6,11-14H2,1-2H3,(H,26,29). The van der Waals surface area contributed by atoms with Crippen LogP contribution in [0.3, 0.4) is 0 Å². The topological polar surface area (TPSA) is 71.0 Å². The van der Waals surface area contributed by atoms with E-state index in [-0.39, 0.29) is 21.8 Å². The van der Waals surface area contributed by atoms with E-state index in [1.165, 1.54) is 12.1 Å². The average Bonchev–Trinajstić information content (AvgIpc) is 2.74. The van der Waals surface area contributed by atoms with Crippen molar-refractivity contribution in [3.05, 3.63) is 46.4 Å². The molecule has 6 nitrogen and oxygen atoms in total. The van der Waals surface area contributed by atoms with E-state index in [0.29, 0.717) is 32.1 Å². The van der Waals surface area contributed by atoms with Gasteiger partial charge in [0.2, 0.25) is 0 Å². The maximum absolute atomic E-state index is 12.4. The summed E-state index contributed by atoms with van der Waals surface area (Å²) in [6, 6.07) is 10.2. The van der Waals surface area contributed by atoms with Crippen LogP contribution in [0.2, 0.25) is 10.0 Å². The first-order chi connectivity index (χ1) is 15.0. The molecule has 0 unspecified atom stereocenters. The molecule has 0 spiro atoms. The Balaban J connectivity index is 1.76. The molecule has 0 bridgehead atoms. The fourth-order valence-electron chi connectivity index (χ4n) is 2.87. The summed E-state index contributed by atoms with van der Waals surface area (Å²) in [7, 11) is 0. The minimum atomic E-state index is -0.0776. The van der Waals surface area contributed by atoms with Gasteiger partial charge in [0.25, 0.3) is 0 Å². The van der Waals surface area contributed by atoms with E-state index >= 15 is 0 Å². The Morgan fingerprint density at radius 3 is 2.19 bits per heavy atom. The Morgan fingerprint density at radius 2 is 1.61 bits per heavy atom. The number of phenols is 1. The zero-order chi connectivity index (χ0) is 22.6. The van der Waals surface area contributed by atoms with Gasteiger partial charge in [-0.25, -0.2) is 4.79 Å². The first-order valence-corrected chi connectivity index (χ1v) is 11.3. The molecule has 170 valence electrons. The molecule has 2 rings (SSSR count). The first kappa shape index (κ1) is 25.0. The molecule has 2 N–H and O–H groups in total. The second-order valence-corrected chi connectivity index (χ2v) is 7.83. The van der Waals surface area contributed by atoms with Crippen LogP contribution >= 0.6 is 23.2 Å². The molecule has 2 amide bonds. The highest BCUT2D eigenvalue weighted by Crippen LogP contribution is 2.36. The van der Waals surface area contributed by atoms with Crippen molar-refractivity contribution in [1.82, 2.24) is 5.32 Å². The van der Waals surface area contributed by atoms with Crippen LogP contribution in [0.15, 0.2) is 36.4 Å². The number of rotatable bonds is 12. The molecule has 0 atom stereocenters. The molecular weight excluding hydrogens is 439 g/mol. The first-order valence-electron chi connectivity index (χ1n) is 10.5. The minimum Gasteiger partial charge on any atom is -0.508 e. The lowest BCUT2D eigenvalue weighted by Crippen LogP contribution is -2.40. The van der Waals surface area contributed by atoms with Gasteiger partial charge >= 0.3 is 6.03 Å². The van der Waals surface area contributed by atoms with Crippen LogP contribution in [-0.2, 0) is 0 Å². The number of nitrogens with zero attached hydrogens (tertiary/aromatic N) is 1. The van der Waals surface area contributed by atoms with Gasteiger partial charge in [-0.05, 0) is 49.9 Å². The molecule has 0 heterocycles. The second-order valence-electron chi connectivity index (χ2n) is 7.02. The number of hydrogen-bond donors (Lipinski definition) is 2. The van der Waals surface area contributed by atoms with Crippen molar-refractivity contribution in [3.8, 4) is 17.2 Å². The van der Waals surface area contributed by atoms with Gasteiger partial charge < -0.3 is 19.9 Å². The van der Waals surface area contributed by atoms with Crippen LogP contribution in [0.25, 0.3) is 0 Å². The molecular formula is C23H30Cl2N2O4. The van der Waals surface area contributed by atoms with Crippen molar-refractivity contribution in [1.29, 1.82) is 0 Å². The maximum Gasteiger partial charge on any atom is 0.321 e. The Morgan fingerprint density at radius 1 is 1.00 bits per heavy atom. The summed E-state index contributed by atoms with van der Waals surface area (Å²) < 4.78 is 11.4. The number of unbranched alkanes of at least 4 members (excludes halogenated alkanes) is 1. The van der Waals surface area contributed by atoms with Crippen LogP contribution in [0.5, 0.6) is 17.2 Å². The lowest BCUT2D eigenvalue weighted by Gasteiger charge is -2.23. The summed E-state index contributed by atoms with van der Waals surface area (Å²) in [6.45, 7) is 6.37. The van der Waals surface area contributed by atoms with Gasteiger partial charge in [0, 0.05) is 30.9 Å². The summed E-state index contributed by atoms with van der Waals surface area (Å²) in [4.78, 5) is 14.1. The van der Waals surface area contributed by atoms with Crippen LogP contribution in [-0.4, -0.2) is 37.4 Å². The number of phenolic OH excluding ortho intramolecular Hbond substituents is 1. The summed E-state index contributed by atoms with van der Waals surface area (Å²) in [5, 5.41) is 12.9. The molecule has 2 aromatic carbocycles. The Bertz CT molecular complexity index is 808. The number of halogens is 2.